The van der Waals surface area contributed by atoms with Crippen molar-refractivity contribution < 1.29 is 0 Å². The summed E-state index contributed by atoms with van der Waals surface area (Å²) in [5.41, 5.74) is 10.3. The van der Waals surface area contributed by atoms with Crippen LogP contribution in [0.4, 0.5) is 0 Å². The maximum Gasteiger partial charge on any atom is 0.0746 e. The van der Waals surface area contributed by atoms with Crippen LogP contribution in [0.25, 0.3) is 11.3 Å². The van der Waals surface area contributed by atoms with E-state index in [0.717, 1.165) is 23.2 Å². The summed E-state index contributed by atoms with van der Waals surface area (Å²) in [6.45, 7) is 2.68. The summed E-state index contributed by atoms with van der Waals surface area (Å²) in [7, 11) is 0. The van der Waals surface area contributed by atoms with Crippen LogP contribution in [0, 0.1) is 0 Å². The van der Waals surface area contributed by atoms with Crippen LogP contribution >= 0.6 is 0 Å². The number of nitrogens with zero attached hydrogens (tertiary/aromatic N) is 1. The van der Waals surface area contributed by atoms with Crippen molar-refractivity contribution in [2.75, 3.05) is 0 Å². The molecule has 0 radical (unpaired) electrons. The van der Waals surface area contributed by atoms with Gasteiger partial charge in [0.25, 0.3) is 0 Å². The van der Waals surface area contributed by atoms with E-state index in [0.29, 0.717) is 6.54 Å². The van der Waals surface area contributed by atoms with Crippen molar-refractivity contribution in [2.45, 2.75) is 19.9 Å². The Bertz CT molecular complexity index is 460. The smallest absolute Gasteiger partial charge is 0.0746 e. The van der Waals surface area contributed by atoms with Crippen LogP contribution in [0.15, 0.2) is 42.6 Å². The average molecular weight is 212 g/mol. The molecule has 0 spiro atoms. The van der Waals surface area contributed by atoms with Crippen LogP contribution in [-0.2, 0) is 13.0 Å². The molecule has 0 atom stereocenters. The minimum Gasteiger partial charge on any atom is -0.326 e. The molecule has 2 N–H and O–H groups in total. The SMILES string of the molecule is CCc1ccc(-c2ncccc2CN)cc1. The first-order valence-electron chi connectivity index (χ1n) is 5.58. The van der Waals surface area contributed by atoms with Crippen LogP contribution in [0.1, 0.15) is 18.1 Å². The molecule has 0 aliphatic heterocycles. The fraction of sp³-hybridized carbons (Fsp3) is 0.214. The Labute approximate surface area is 96.1 Å². The van der Waals surface area contributed by atoms with Gasteiger partial charge in [0.1, 0.15) is 0 Å². The van der Waals surface area contributed by atoms with Crippen molar-refractivity contribution >= 4 is 0 Å². The summed E-state index contributed by atoms with van der Waals surface area (Å²) in [6, 6.07) is 12.5. The van der Waals surface area contributed by atoms with Gasteiger partial charge in [-0.05, 0) is 23.6 Å². The van der Waals surface area contributed by atoms with Gasteiger partial charge >= 0.3 is 0 Å². The van der Waals surface area contributed by atoms with Crippen LogP contribution in [0.5, 0.6) is 0 Å². The summed E-state index contributed by atoms with van der Waals surface area (Å²) >= 11 is 0. The minimum absolute atomic E-state index is 0.526. The number of rotatable bonds is 3. The summed E-state index contributed by atoms with van der Waals surface area (Å²) in [5, 5.41) is 0. The normalized spacial score (nSPS) is 10.4. The first kappa shape index (κ1) is 10.8. The van der Waals surface area contributed by atoms with E-state index in [1.165, 1.54) is 5.56 Å². The number of pyridine rings is 1. The number of hydrogen-bond donors (Lipinski definition) is 1. The van der Waals surface area contributed by atoms with Crippen molar-refractivity contribution in [1.29, 1.82) is 0 Å². The van der Waals surface area contributed by atoms with Gasteiger partial charge in [-0.25, -0.2) is 0 Å². The molecule has 0 aliphatic carbocycles. The highest BCUT2D eigenvalue weighted by Crippen LogP contribution is 2.21. The first-order valence-corrected chi connectivity index (χ1v) is 5.58. The molecule has 82 valence electrons. The number of nitrogens with two attached hydrogens (primary N) is 1. The van der Waals surface area contributed by atoms with E-state index < -0.39 is 0 Å². The first-order chi connectivity index (χ1) is 7.85. The Kier molecular flexibility index (Phi) is 3.32. The van der Waals surface area contributed by atoms with E-state index in [1.54, 1.807) is 0 Å². The molecular weight excluding hydrogens is 196 g/mol. The second kappa shape index (κ2) is 4.90. The van der Waals surface area contributed by atoms with Crippen LogP contribution < -0.4 is 5.73 Å². The molecule has 0 fully saturated rings. The third-order valence-electron chi connectivity index (χ3n) is 2.75. The average Bonchev–Trinajstić information content (AvgIpc) is 2.39. The molecular formula is C14H16N2. The zero-order chi connectivity index (χ0) is 11.4. The van der Waals surface area contributed by atoms with Gasteiger partial charge in [-0.1, -0.05) is 37.3 Å². The third kappa shape index (κ3) is 2.12. The van der Waals surface area contributed by atoms with Crippen molar-refractivity contribution in [1.82, 2.24) is 4.98 Å². The lowest BCUT2D eigenvalue weighted by Gasteiger charge is -2.06. The molecule has 1 aromatic carbocycles. The largest absolute Gasteiger partial charge is 0.326 e. The van der Waals surface area contributed by atoms with Crippen LogP contribution in [0.3, 0.4) is 0 Å². The fourth-order valence-electron chi connectivity index (χ4n) is 1.76. The molecule has 1 heterocycles. The zero-order valence-corrected chi connectivity index (χ0v) is 9.48. The van der Waals surface area contributed by atoms with Gasteiger partial charge in [0.15, 0.2) is 0 Å². The van der Waals surface area contributed by atoms with Gasteiger partial charge in [0.2, 0.25) is 0 Å². The monoisotopic (exact) mass is 212 g/mol. The lowest BCUT2D eigenvalue weighted by molar-refractivity contribution is 1.05. The number of aromatic nitrogens is 1. The molecule has 2 heteroatoms. The van der Waals surface area contributed by atoms with Gasteiger partial charge in [-0.3, -0.25) is 4.98 Å². The maximum atomic E-state index is 5.70. The zero-order valence-electron chi connectivity index (χ0n) is 9.48. The van der Waals surface area contributed by atoms with Crippen LogP contribution in [0.2, 0.25) is 0 Å². The molecule has 16 heavy (non-hydrogen) atoms. The second-order valence-corrected chi connectivity index (χ2v) is 3.77. The van der Waals surface area contributed by atoms with Gasteiger partial charge in [-0.15, -0.1) is 0 Å². The molecule has 0 unspecified atom stereocenters. The summed E-state index contributed by atoms with van der Waals surface area (Å²) in [6.07, 6.45) is 2.87. The molecule has 2 nitrogen and oxygen atoms in total. The molecule has 0 saturated heterocycles. The van der Waals surface area contributed by atoms with Crippen molar-refractivity contribution in [3.8, 4) is 11.3 Å². The number of aryl methyl sites for hydroxylation is 1. The third-order valence-corrected chi connectivity index (χ3v) is 2.75. The summed E-state index contributed by atoms with van der Waals surface area (Å²) in [5.74, 6) is 0. The van der Waals surface area contributed by atoms with E-state index in [2.05, 4.69) is 36.2 Å². The second-order valence-electron chi connectivity index (χ2n) is 3.77. The van der Waals surface area contributed by atoms with Crippen molar-refractivity contribution in [3.05, 3.63) is 53.7 Å². The number of hydrogen-bond acceptors (Lipinski definition) is 2. The molecule has 1 aromatic heterocycles. The Morgan fingerprint density at radius 1 is 1.12 bits per heavy atom. The van der Waals surface area contributed by atoms with E-state index in [4.69, 9.17) is 5.73 Å². The minimum atomic E-state index is 0.526. The lowest BCUT2D eigenvalue weighted by atomic mass is 10.0. The predicted octanol–water partition coefficient (Wildman–Crippen LogP) is 2.77. The van der Waals surface area contributed by atoms with E-state index in [-0.39, 0.29) is 0 Å². The molecule has 0 saturated carbocycles. The quantitative estimate of drug-likeness (QED) is 0.849. The highest BCUT2D eigenvalue weighted by Gasteiger charge is 2.04. The fourth-order valence-corrected chi connectivity index (χ4v) is 1.76. The van der Waals surface area contributed by atoms with Gasteiger partial charge in [-0.2, -0.15) is 0 Å². The Morgan fingerprint density at radius 3 is 2.50 bits per heavy atom. The van der Waals surface area contributed by atoms with Gasteiger partial charge in [0, 0.05) is 18.3 Å². The van der Waals surface area contributed by atoms with E-state index >= 15 is 0 Å². The lowest BCUT2D eigenvalue weighted by Crippen LogP contribution is -2.00. The van der Waals surface area contributed by atoms with E-state index in [9.17, 15) is 0 Å². The van der Waals surface area contributed by atoms with Gasteiger partial charge < -0.3 is 5.73 Å². The molecule has 0 amide bonds. The van der Waals surface area contributed by atoms with Crippen LogP contribution in [-0.4, -0.2) is 4.98 Å². The Hall–Kier alpha value is -1.67. The summed E-state index contributed by atoms with van der Waals surface area (Å²) < 4.78 is 0. The summed E-state index contributed by atoms with van der Waals surface area (Å²) in [4.78, 5) is 4.40. The predicted molar refractivity (Wildman–Crippen MR) is 66.9 cm³/mol. The van der Waals surface area contributed by atoms with E-state index in [1.807, 2.05) is 18.3 Å². The Morgan fingerprint density at radius 2 is 1.88 bits per heavy atom. The van der Waals surface area contributed by atoms with Gasteiger partial charge in [0.05, 0.1) is 5.69 Å². The molecule has 2 aromatic rings. The van der Waals surface area contributed by atoms with Crippen molar-refractivity contribution in [3.63, 3.8) is 0 Å². The highest BCUT2D eigenvalue weighted by molar-refractivity contribution is 5.63. The molecule has 2 rings (SSSR count). The maximum absolute atomic E-state index is 5.70. The molecule has 0 aliphatic rings. The van der Waals surface area contributed by atoms with Crippen molar-refractivity contribution in [2.24, 2.45) is 5.73 Å². The topological polar surface area (TPSA) is 38.9 Å². The number of benzene rings is 1. The molecule has 0 bridgehead atoms. The standard InChI is InChI=1S/C14H16N2/c1-2-11-5-7-12(8-6-11)14-13(10-15)4-3-9-16-14/h3-9H,2,10,15H2,1H3. The Balaban J connectivity index is 2.42. The highest BCUT2D eigenvalue weighted by atomic mass is 14.7.